The van der Waals surface area contributed by atoms with E-state index in [4.69, 9.17) is 32.7 Å². The Balaban J connectivity index is 1.67. The Labute approximate surface area is 149 Å². The number of ether oxygens (including phenoxy) is 2. The molecule has 0 aromatic heterocycles. The van der Waals surface area contributed by atoms with Gasteiger partial charge in [-0.05, 0) is 30.3 Å². The molecule has 0 saturated carbocycles. The number of rotatable bonds is 7. The summed E-state index contributed by atoms with van der Waals surface area (Å²) in [6.07, 6.45) is 0. The van der Waals surface area contributed by atoms with Gasteiger partial charge in [0.1, 0.15) is 25.5 Å². The van der Waals surface area contributed by atoms with Gasteiger partial charge in [0, 0.05) is 5.56 Å². The van der Waals surface area contributed by atoms with Gasteiger partial charge < -0.3 is 14.8 Å². The minimum Gasteiger partial charge on any atom is -0.490 e. The van der Waals surface area contributed by atoms with Gasteiger partial charge in [-0.2, -0.15) is 0 Å². The number of esters is 1. The van der Waals surface area contributed by atoms with E-state index in [0.29, 0.717) is 16.3 Å². The lowest BCUT2D eigenvalue weighted by Crippen LogP contribution is -2.31. The van der Waals surface area contributed by atoms with Crippen molar-refractivity contribution < 1.29 is 19.1 Å². The lowest BCUT2D eigenvalue weighted by molar-refractivity contribution is -0.143. The van der Waals surface area contributed by atoms with E-state index in [-0.39, 0.29) is 24.8 Å². The Hall–Kier alpha value is -2.24. The number of carbonyl (C=O) groups is 2. The molecule has 2 aromatic carbocycles. The van der Waals surface area contributed by atoms with Crippen LogP contribution in [0.3, 0.4) is 0 Å². The number of benzene rings is 2. The third-order valence-electron chi connectivity index (χ3n) is 2.93. The Morgan fingerprint density at radius 1 is 0.958 bits per heavy atom. The summed E-state index contributed by atoms with van der Waals surface area (Å²) in [4.78, 5) is 23.5. The monoisotopic (exact) mass is 367 g/mol. The molecular weight excluding hydrogens is 353 g/mol. The predicted molar refractivity (Wildman–Crippen MR) is 91.7 cm³/mol. The minimum atomic E-state index is -0.555. The fourth-order valence-electron chi connectivity index (χ4n) is 1.77. The summed E-state index contributed by atoms with van der Waals surface area (Å²) < 4.78 is 10.4. The summed E-state index contributed by atoms with van der Waals surface area (Å²) in [5.74, 6) is -0.299. The zero-order valence-electron chi connectivity index (χ0n) is 12.6. The molecule has 0 bridgehead atoms. The first-order valence-corrected chi connectivity index (χ1v) is 7.88. The van der Waals surface area contributed by atoms with E-state index < -0.39 is 11.9 Å². The molecule has 2 aromatic rings. The van der Waals surface area contributed by atoms with Crippen molar-refractivity contribution in [1.29, 1.82) is 0 Å². The molecule has 0 fully saturated rings. The second-order valence-corrected chi connectivity index (χ2v) is 5.51. The van der Waals surface area contributed by atoms with Crippen LogP contribution in [0.25, 0.3) is 0 Å². The summed E-state index contributed by atoms with van der Waals surface area (Å²) in [6, 6.07) is 13.6. The van der Waals surface area contributed by atoms with Crippen LogP contribution >= 0.6 is 23.2 Å². The molecule has 1 amide bonds. The van der Waals surface area contributed by atoms with E-state index in [1.807, 2.05) is 18.2 Å². The summed E-state index contributed by atoms with van der Waals surface area (Å²) in [7, 11) is 0. The van der Waals surface area contributed by atoms with Crippen molar-refractivity contribution in [3.63, 3.8) is 0 Å². The standard InChI is InChI=1S/C17H15Cl2NO4/c18-14-7-6-12(10-15(14)19)17(22)20-11-16(21)24-9-8-23-13-4-2-1-3-5-13/h1-7,10H,8-9,11H2,(H,20,22). The molecule has 0 unspecified atom stereocenters. The van der Waals surface area contributed by atoms with Crippen molar-refractivity contribution in [2.24, 2.45) is 0 Å². The van der Waals surface area contributed by atoms with Gasteiger partial charge in [0.05, 0.1) is 10.0 Å². The van der Waals surface area contributed by atoms with Crippen molar-refractivity contribution >= 4 is 35.1 Å². The number of para-hydroxylation sites is 1. The number of amides is 1. The van der Waals surface area contributed by atoms with Crippen LogP contribution in [0, 0.1) is 0 Å². The fourth-order valence-corrected chi connectivity index (χ4v) is 2.07. The molecule has 7 heteroatoms. The Morgan fingerprint density at radius 2 is 1.71 bits per heavy atom. The van der Waals surface area contributed by atoms with Crippen LogP contribution in [0.1, 0.15) is 10.4 Å². The van der Waals surface area contributed by atoms with Crippen molar-refractivity contribution in [3.05, 3.63) is 64.1 Å². The fraction of sp³-hybridized carbons (Fsp3) is 0.176. The van der Waals surface area contributed by atoms with Gasteiger partial charge in [0.2, 0.25) is 0 Å². The zero-order valence-corrected chi connectivity index (χ0v) is 14.1. The SMILES string of the molecule is O=C(CNC(=O)c1ccc(Cl)c(Cl)c1)OCCOc1ccccc1. The Morgan fingerprint density at radius 3 is 2.42 bits per heavy atom. The highest BCUT2D eigenvalue weighted by Crippen LogP contribution is 2.22. The van der Waals surface area contributed by atoms with Crippen molar-refractivity contribution in [2.75, 3.05) is 19.8 Å². The molecule has 24 heavy (non-hydrogen) atoms. The highest BCUT2D eigenvalue weighted by Gasteiger charge is 2.10. The average Bonchev–Trinajstić information content (AvgIpc) is 2.60. The van der Waals surface area contributed by atoms with Crippen LogP contribution in [0.5, 0.6) is 5.75 Å². The smallest absolute Gasteiger partial charge is 0.325 e. The van der Waals surface area contributed by atoms with Crippen LogP contribution < -0.4 is 10.1 Å². The molecule has 0 spiro atoms. The first kappa shape index (κ1) is 18.1. The van der Waals surface area contributed by atoms with E-state index in [9.17, 15) is 9.59 Å². The van der Waals surface area contributed by atoms with Gasteiger partial charge >= 0.3 is 5.97 Å². The maximum absolute atomic E-state index is 11.9. The van der Waals surface area contributed by atoms with Gasteiger partial charge in [0.25, 0.3) is 5.91 Å². The molecule has 0 saturated heterocycles. The maximum Gasteiger partial charge on any atom is 0.325 e. The molecule has 5 nitrogen and oxygen atoms in total. The second kappa shape index (κ2) is 9.15. The van der Waals surface area contributed by atoms with Gasteiger partial charge in [0.15, 0.2) is 0 Å². The average molecular weight is 368 g/mol. The van der Waals surface area contributed by atoms with Gasteiger partial charge in [-0.25, -0.2) is 0 Å². The van der Waals surface area contributed by atoms with E-state index in [2.05, 4.69) is 5.32 Å². The molecule has 1 N–H and O–H groups in total. The lowest BCUT2D eigenvalue weighted by atomic mass is 10.2. The quantitative estimate of drug-likeness (QED) is 0.601. The molecular formula is C17H15Cl2NO4. The normalized spacial score (nSPS) is 10.1. The second-order valence-electron chi connectivity index (χ2n) is 4.69. The number of carbonyl (C=O) groups excluding carboxylic acids is 2. The first-order valence-electron chi connectivity index (χ1n) is 7.13. The third-order valence-corrected chi connectivity index (χ3v) is 3.67. The topological polar surface area (TPSA) is 64.6 Å². The molecule has 0 aliphatic rings. The summed E-state index contributed by atoms with van der Waals surface area (Å²) in [5.41, 5.74) is 0.310. The van der Waals surface area contributed by atoms with Gasteiger partial charge in [-0.15, -0.1) is 0 Å². The van der Waals surface area contributed by atoms with Crippen LogP contribution in [0.15, 0.2) is 48.5 Å². The van der Waals surface area contributed by atoms with Crippen LogP contribution in [0.4, 0.5) is 0 Å². The molecule has 0 aliphatic carbocycles. The van der Waals surface area contributed by atoms with Crippen LogP contribution in [-0.2, 0) is 9.53 Å². The van der Waals surface area contributed by atoms with E-state index >= 15 is 0 Å². The summed E-state index contributed by atoms with van der Waals surface area (Å²) >= 11 is 11.6. The summed E-state index contributed by atoms with van der Waals surface area (Å²) in [6.45, 7) is 0.0806. The molecule has 0 atom stereocenters. The number of halogens is 2. The van der Waals surface area contributed by atoms with E-state index in [0.717, 1.165) is 0 Å². The molecule has 2 rings (SSSR count). The van der Waals surface area contributed by atoms with E-state index in [1.54, 1.807) is 12.1 Å². The van der Waals surface area contributed by atoms with Crippen molar-refractivity contribution in [3.8, 4) is 5.75 Å². The third kappa shape index (κ3) is 5.76. The number of hydrogen-bond acceptors (Lipinski definition) is 4. The van der Waals surface area contributed by atoms with Crippen molar-refractivity contribution in [2.45, 2.75) is 0 Å². The van der Waals surface area contributed by atoms with Crippen molar-refractivity contribution in [1.82, 2.24) is 5.32 Å². The predicted octanol–water partition coefficient (Wildman–Crippen LogP) is 3.35. The zero-order chi connectivity index (χ0) is 17.4. The molecule has 0 heterocycles. The van der Waals surface area contributed by atoms with Gasteiger partial charge in [-0.1, -0.05) is 41.4 Å². The lowest BCUT2D eigenvalue weighted by Gasteiger charge is -2.08. The maximum atomic E-state index is 11.9. The molecule has 0 radical (unpaired) electrons. The minimum absolute atomic E-state index is 0.0936. The van der Waals surface area contributed by atoms with Crippen LogP contribution in [0.2, 0.25) is 10.0 Å². The largest absolute Gasteiger partial charge is 0.490 e. The number of nitrogens with one attached hydrogen (secondary N) is 1. The summed E-state index contributed by atoms with van der Waals surface area (Å²) in [5, 5.41) is 3.07. The van der Waals surface area contributed by atoms with Crippen LogP contribution in [-0.4, -0.2) is 31.6 Å². The molecule has 126 valence electrons. The number of hydrogen-bond donors (Lipinski definition) is 1. The Bertz CT molecular complexity index is 707. The van der Waals surface area contributed by atoms with E-state index in [1.165, 1.54) is 18.2 Å². The first-order chi connectivity index (χ1) is 11.6. The Kier molecular flexibility index (Phi) is 6.90. The highest BCUT2D eigenvalue weighted by molar-refractivity contribution is 6.42. The molecule has 0 aliphatic heterocycles. The van der Waals surface area contributed by atoms with Gasteiger partial charge in [-0.3, -0.25) is 9.59 Å². The highest BCUT2D eigenvalue weighted by atomic mass is 35.5.